The molecule has 0 aliphatic heterocycles. The van der Waals surface area contributed by atoms with E-state index >= 15 is 0 Å². The molecule has 1 aromatic heterocycles. The molecule has 136 valence electrons. The van der Waals surface area contributed by atoms with E-state index < -0.39 is 33.6 Å². The maximum absolute atomic E-state index is 13.0. The molecule has 0 radical (unpaired) electrons. The minimum atomic E-state index is -4.65. The molecule has 2 aromatic rings. The van der Waals surface area contributed by atoms with E-state index in [1.165, 1.54) is 37.7 Å². The Morgan fingerprint density at radius 2 is 1.84 bits per heavy atom. The summed E-state index contributed by atoms with van der Waals surface area (Å²) in [5, 5.41) is 3.53. The van der Waals surface area contributed by atoms with Gasteiger partial charge in [-0.15, -0.1) is 11.3 Å². The molecular formula is C14H13F3N2O4S2. The molecule has 1 N–H and O–H groups in total. The summed E-state index contributed by atoms with van der Waals surface area (Å²) in [4.78, 5) is 12.1. The van der Waals surface area contributed by atoms with Crippen molar-refractivity contribution in [2.24, 2.45) is 0 Å². The van der Waals surface area contributed by atoms with Gasteiger partial charge in [0.15, 0.2) is 5.75 Å². The van der Waals surface area contributed by atoms with Crippen molar-refractivity contribution < 1.29 is 30.6 Å². The Bertz CT molecular complexity index is 876. The van der Waals surface area contributed by atoms with Gasteiger partial charge in [-0.3, -0.25) is 4.79 Å². The van der Waals surface area contributed by atoms with E-state index in [4.69, 9.17) is 4.18 Å². The third-order valence-electron chi connectivity index (χ3n) is 2.96. The van der Waals surface area contributed by atoms with Gasteiger partial charge in [0.2, 0.25) is 0 Å². The van der Waals surface area contributed by atoms with Crippen LogP contribution in [0.25, 0.3) is 0 Å². The topological polar surface area (TPSA) is 75.7 Å². The summed E-state index contributed by atoms with van der Waals surface area (Å²) in [7, 11) is -1.63. The minimum absolute atomic E-state index is 0.164. The first-order valence-corrected chi connectivity index (χ1v) is 8.94. The maximum Gasteiger partial charge on any atom is 0.418 e. The van der Waals surface area contributed by atoms with Crippen LogP contribution >= 0.6 is 11.3 Å². The largest absolute Gasteiger partial charge is 0.418 e. The number of benzene rings is 1. The monoisotopic (exact) mass is 394 g/mol. The lowest BCUT2D eigenvalue weighted by molar-refractivity contribution is -0.136. The van der Waals surface area contributed by atoms with Crippen LogP contribution in [0, 0.1) is 0 Å². The first-order valence-electron chi connectivity index (χ1n) is 6.69. The number of para-hydroxylation sites is 1. The Hall–Kier alpha value is -2.11. The molecule has 0 unspecified atom stereocenters. The fourth-order valence-electron chi connectivity index (χ4n) is 1.74. The number of thiophene rings is 1. The van der Waals surface area contributed by atoms with Crippen LogP contribution < -0.4 is 9.50 Å². The second-order valence-electron chi connectivity index (χ2n) is 4.93. The van der Waals surface area contributed by atoms with Crippen molar-refractivity contribution in [3.05, 3.63) is 46.2 Å². The van der Waals surface area contributed by atoms with Crippen LogP contribution in [0.1, 0.15) is 15.2 Å². The van der Waals surface area contributed by atoms with Crippen molar-refractivity contribution in [3.63, 3.8) is 0 Å². The van der Waals surface area contributed by atoms with E-state index in [2.05, 4.69) is 5.32 Å². The molecule has 0 bridgehead atoms. The quantitative estimate of drug-likeness (QED) is 0.845. The number of hydrogen-bond acceptors (Lipinski definition) is 5. The molecule has 0 aliphatic carbocycles. The summed E-state index contributed by atoms with van der Waals surface area (Å²) >= 11 is 0.841. The van der Waals surface area contributed by atoms with E-state index in [1.807, 2.05) is 0 Å². The van der Waals surface area contributed by atoms with Crippen LogP contribution in [0.15, 0.2) is 35.7 Å². The van der Waals surface area contributed by atoms with Crippen molar-refractivity contribution in [1.82, 2.24) is 4.31 Å². The molecule has 2 rings (SSSR count). The number of amides is 1. The van der Waals surface area contributed by atoms with E-state index in [0.717, 1.165) is 27.8 Å². The highest BCUT2D eigenvalue weighted by Crippen LogP contribution is 2.35. The molecule has 0 atom stereocenters. The smallest absolute Gasteiger partial charge is 0.369 e. The lowest BCUT2D eigenvalue weighted by Gasteiger charge is -2.14. The molecule has 6 nitrogen and oxygen atoms in total. The summed E-state index contributed by atoms with van der Waals surface area (Å²) in [5.41, 5.74) is -1.45. The van der Waals surface area contributed by atoms with E-state index in [-0.39, 0.29) is 10.6 Å². The highest BCUT2D eigenvalue weighted by atomic mass is 32.2. The maximum atomic E-state index is 13.0. The molecule has 25 heavy (non-hydrogen) atoms. The lowest BCUT2D eigenvalue weighted by atomic mass is 10.1. The van der Waals surface area contributed by atoms with Crippen molar-refractivity contribution in [2.45, 2.75) is 6.18 Å². The minimum Gasteiger partial charge on any atom is -0.369 e. The van der Waals surface area contributed by atoms with Crippen molar-refractivity contribution in [1.29, 1.82) is 0 Å². The van der Waals surface area contributed by atoms with Gasteiger partial charge < -0.3 is 9.50 Å². The van der Waals surface area contributed by atoms with Crippen LogP contribution in [0.4, 0.5) is 18.9 Å². The molecule has 1 aromatic carbocycles. The third-order valence-corrected chi connectivity index (χ3v) is 5.14. The standard InChI is InChI=1S/C14H13F3N2O4S2/c1-19(2)25(21,22)23-11-7-8-24-12(11)13(20)18-10-6-4-3-5-9(10)14(15,16)17/h3-8H,1-2H3,(H,18,20). The van der Waals surface area contributed by atoms with Crippen molar-refractivity contribution in [3.8, 4) is 5.75 Å². The molecule has 0 saturated carbocycles. The average Bonchev–Trinajstić information content (AvgIpc) is 2.94. The van der Waals surface area contributed by atoms with Gasteiger partial charge >= 0.3 is 16.5 Å². The highest BCUT2D eigenvalue weighted by molar-refractivity contribution is 7.84. The zero-order chi connectivity index (χ0) is 18.8. The Morgan fingerprint density at radius 3 is 2.44 bits per heavy atom. The fourth-order valence-corrected chi connectivity index (χ4v) is 3.01. The Kier molecular flexibility index (Phi) is 5.40. The first-order chi connectivity index (χ1) is 11.5. The van der Waals surface area contributed by atoms with Crippen LogP contribution in [0.3, 0.4) is 0 Å². The molecule has 1 heterocycles. The molecular weight excluding hydrogens is 381 g/mol. The predicted octanol–water partition coefficient (Wildman–Crippen LogP) is 3.20. The molecule has 0 spiro atoms. The molecule has 0 fully saturated rings. The number of carbonyl (C=O) groups is 1. The summed E-state index contributed by atoms with van der Waals surface area (Å²) < 4.78 is 68.0. The first kappa shape index (κ1) is 19.2. The normalized spacial score (nSPS) is 12.2. The van der Waals surface area contributed by atoms with Gasteiger partial charge in [0.1, 0.15) is 4.88 Å². The number of anilines is 1. The number of rotatable bonds is 5. The summed E-state index contributed by atoms with van der Waals surface area (Å²) in [5.74, 6) is -1.17. The summed E-state index contributed by atoms with van der Waals surface area (Å²) in [6.07, 6.45) is -4.65. The van der Waals surface area contributed by atoms with Gasteiger partial charge in [-0.1, -0.05) is 12.1 Å². The third kappa shape index (κ3) is 4.50. The Balaban J connectivity index is 2.29. The highest BCUT2D eigenvalue weighted by Gasteiger charge is 2.34. The van der Waals surface area contributed by atoms with Crippen LogP contribution in [0.5, 0.6) is 5.75 Å². The number of alkyl halides is 3. The molecule has 11 heteroatoms. The van der Waals surface area contributed by atoms with Crippen LogP contribution in [-0.4, -0.2) is 32.7 Å². The zero-order valence-corrected chi connectivity index (χ0v) is 14.6. The van der Waals surface area contributed by atoms with Gasteiger partial charge in [-0.2, -0.15) is 25.9 Å². The zero-order valence-electron chi connectivity index (χ0n) is 13.0. The fraction of sp³-hybridized carbons (Fsp3) is 0.214. The predicted molar refractivity (Wildman–Crippen MR) is 87.0 cm³/mol. The van der Waals surface area contributed by atoms with Crippen LogP contribution in [-0.2, 0) is 16.5 Å². The molecule has 1 amide bonds. The number of hydrogen-bond donors (Lipinski definition) is 1. The number of halogens is 3. The van der Waals surface area contributed by atoms with Gasteiger partial charge in [0.05, 0.1) is 11.3 Å². The lowest BCUT2D eigenvalue weighted by Crippen LogP contribution is -2.27. The van der Waals surface area contributed by atoms with Crippen molar-refractivity contribution >= 4 is 33.2 Å². The number of carbonyl (C=O) groups excluding carboxylic acids is 1. The van der Waals surface area contributed by atoms with Crippen molar-refractivity contribution in [2.75, 3.05) is 19.4 Å². The number of nitrogens with zero attached hydrogens (tertiary/aromatic N) is 1. The van der Waals surface area contributed by atoms with Gasteiger partial charge in [0, 0.05) is 14.1 Å². The second-order valence-corrected chi connectivity index (χ2v) is 7.60. The summed E-state index contributed by atoms with van der Waals surface area (Å²) in [6.45, 7) is 0. The van der Waals surface area contributed by atoms with Gasteiger partial charge in [-0.25, -0.2) is 0 Å². The average molecular weight is 394 g/mol. The van der Waals surface area contributed by atoms with E-state index in [1.54, 1.807) is 0 Å². The molecule has 0 saturated heterocycles. The van der Waals surface area contributed by atoms with Gasteiger partial charge in [0.25, 0.3) is 5.91 Å². The number of nitrogens with one attached hydrogen (secondary N) is 1. The SMILES string of the molecule is CN(C)S(=O)(=O)Oc1ccsc1C(=O)Nc1ccccc1C(F)(F)F. The Morgan fingerprint density at radius 1 is 1.20 bits per heavy atom. The Labute approximate surface area is 146 Å². The van der Waals surface area contributed by atoms with E-state index in [0.29, 0.717) is 0 Å². The van der Waals surface area contributed by atoms with Crippen LogP contribution in [0.2, 0.25) is 0 Å². The van der Waals surface area contributed by atoms with E-state index in [9.17, 15) is 26.4 Å². The molecule has 0 aliphatic rings. The second kappa shape index (κ2) is 7.02. The summed E-state index contributed by atoms with van der Waals surface area (Å²) in [6, 6.07) is 5.72. The van der Waals surface area contributed by atoms with Gasteiger partial charge in [-0.05, 0) is 23.6 Å².